The van der Waals surface area contributed by atoms with Crippen LogP contribution in [0.4, 0.5) is 0 Å². The lowest BCUT2D eigenvalue weighted by atomic mass is 10.1. The molecule has 0 saturated carbocycles. The van der Waals surface area contributed by atoms with E-state index in [1.807, 2.05) is 6.08 Å². The maximum atomic E-state index is 9.52. The quantitative estimate of drug-likeness (QED) is 0.786. The van der Waals surface area contributed by atoms with E-state index in [1.54, 1.807) is 19.3 Å². The lowest BCUT2D eigenvalue weighted by Gasteiger charge is -2.09. The van der Waals surface area contributed by atoms with Gasteiger partial charge in [-0.15, -0.1) is 0 Å². The summed E-state index contributed by atoms with van der Waals surface area (Å²) in [5.41, 5.74) is 6.18. The zero-order chi connectivity index (χ0) is 11.3. The molecule has 4 heteroatoms. The fourth-order valence-electron chi connectivity index (χ4n) is 1.23. The highest BCUT2D eigenvalue weighted by molar-refractivity contribution is 5.63. The fourth-order valence-corrected chi connectivity index (χ4v) is 1.23. The summed E-state index contributed by atoms with van der Waals surface area (Å²) in [5, 5.41) is 9.52. The first-order chi connectivity index (χ1) is 7.22. The smallest absolute Gasteiger partial charge is 0.161 e. The largest absolute Gasteiger partial charge is 0.504 e. The Morgan fingerprint density at radius 1 is 1.27 bits per heavy atom. The monoisotopic (exact) mass is 209 g/mol. The van der Waals surface area contributed by atoms with Crippen LogP contribution in [-0.4, -0.2) is 25.9 Å². The molecule has 3 N–H and O–H groups in total. The van der Waals surface area contributed by atoms with Gasteiger partial charge in [-0.25, -0.2) is 0 Å². The van der Waals surface area contributed by atoms with Crippen molar-refractivity contribution in [2.24, 2.45) is 5.73 Å². The Morgan fingerprint density at radius 2 is 1.93 bits per heavy atom. The number of nitrogens with two attached hydrogens (primary N) is 1. The van der Waals surface area contributed by atoms with E-state index in [0.717, 1.165) is 5.56 Å². The Morgan fingerprint density at radius 3 is 2.47 bits per heavy atom. The van der Waals surface area contributed by atoms with E-state index in [9.17, 15) is 5.11 Å². The molecule has 0 atom stereocenters. The molecule has 0 spiro atoms. The van der Waals surface area contributed by atoms with Crippen LogP contribution in [0.15, 0.2) is 18.2 Å². The number of methoxy groups -OCH3 is 2. The normalized spacial score (nSPS) is 10.6. The molecule has 1 aromatic rings. The second kappa shape index (κ2) is 5.26. The number of rotatable bonds is 4. The minimum atomic E-state index is 0.0549. The van der Waals surface area contributed by atoms with Gasteiger partial charge in [0.1, 0.15) is 5.75 Å². The van der Waals surface area contributed by atoms with E-state index in [-0.39, 0.29) is 5.75 Å². The summed E-state index contributed by atoms with van der Waals surface area (Å²) in [5.74, 6) is 1.05. The van der Waals surface area contributed by atoms with Crippen LogP contribution in [0.2, 0.25) is 0 Å². The maximum absolute atomic E-state index is 9.52. The molecule has 0 aliphatic rings. The molecule has 1 rings (SSSR count). The molecule has 0 bridgehead atoms. The molecule has 0 aromatic heterocycles. The molecule has 0 unspecified atom stereocenters. The molecule has 1 aromatic carbocycles. The van der Waals surface area contributed by atoms with Crippen molar-refractivity contribution in [2.75, 3.05) is 20.8 Å². The van der Waals surface area contributed by atoms with Gasteiger partial charge < -0.3 is 20.3 Å². The predicted octanol–water partition coefficient (Wildman–Crippen LogP) is 1.38. The molecule has 4 nitrogen and oxygen atoms in total. The zero-order valence-corrected chi connectivity index (χ0v) is 8.86. The van der Waals surface area contributed by atoms with Crippen molar-refractivity contribution >= 4 is 6.08 Å². The topological polar surface area (TPSA) is 64.7 Å². The zero-order valence-electron chi connectivity index (χ0n) is 8.86. The Hall–Kier alpha value is -1.68. The highest BCUT2D eigenvalue weighted by Gasteiger charge is 2.07. The van der Waals surface area contributed by atoms with Gasteiger partial charge in [0, 0.05) is 18.2 Å². The van der Waals surface area contributed by atoms with E-state index in [0.29, 0.717) is 18.0 Å². The number of hydrogen-bond donors (Lipinski definition) is 2. The maximum Gasteiger partial charge on any atom is 0.161 e. The SMILES string of the molecule is COc1cc(/C=C/CN)c(OC)cc1O. The second-order valence-corrected chi connectivity index (χ2v) is 2.90. The number of hydrogen-bond acceptors (Lipinski definition) is 4. The van der Waals surface area contributed by atoms with Crippen molar-refractivity contribution in [2.45, 2.75) is 0 Å². The summed E-state index contributed by atoms with van der Waals surface area (Å²) in [4.78, 5) is 0. The molecule has 0 amide bonds. The van der Waals surface area contributed by atoms with Crippen molar-refractivity contribution in [3.63, 3.8) is 0 Å². The fraction of sp³-hybridized carbons (Fsp3) is 0.273. The first kappa shape index (κ1) is 11.4. The van der Waals surface area contributed by atoms with Gasteiger partial charge in [0.15, 0.2) is 11.5 Å². The summed E-state index contributed by atoms with van der Waals surface area (Å²) >= 11 is 0. The van der Waals surface area contributed by atoms with Gasteiger partial charge in [-0.1, -0.05) is 12.2 Å². The Bertz CT molecular complexity index is 361. The summed E-state index contributed by atoms with van der Waals surface area (Å²) < 4.78 is 10.1. The van der Waals surface area contributed by atoms with Crippen LogP contribution in [0.1, 0.15) is 5.56 Å². The van der Waals surface area contributed by atoms with Crippen molar-refractivity contribution in [1.82, 2.24) is 0 Å². The van der Waals surface area contributed by atoms with Crippen molar-refractivity contribution < 1.29 is 14.6 Å². The van der Waals surface area contributed by atoms with Crippen molar-refractivity contribution in [3.05, 3.63) is 23.8 Å². The van der Waals surface area contributed by atoms with Gasteiger partial charge >= 0.3 is 0 Å². The second-order valence-electron chi connectivity index (χ2n) is 2.90. The third-order valence-corrected chi connectivity index (χ3v) is 1.96. The minimum Gasteiger partial charge on any atom is -0.504 e. The van der Waals surface area contributed by atoms with Crippen LogP contribution >= 0.6 is 0 Å². The molecule has 0 radical (unpaired) electrons. The van der Waals surface area contributed by atoms with Gasteiger partial charge in [0.25, 0.3) is 0 Å². The molecule has 0 fully saturated rings. The van der Waals surface area contributed by atoms with E-state index >= 15 is 0 Å². The Balaban J connectivity index is 3.16. The summed E-state index contributed by atoms with van der Waals surface area (Å²) in [7, 11) is 3.04. The standard InChI is InChI=1S/C11H15NO3/c1-14-10-7-9(13)11(15-2)6-8(10)4-3-5-12/h3-4,6-7,13H,5,12H2,1-2H3/b4-3+. The van der Waals surface area contributed by atoms with Crippen LogP contribution in [0, 0.1) is 0 Å². The predicted molar refractivity (Wildman–Crippen MR) is 59.3 cm³/mol. The van der Waals surface area contributed by atoms with Gasteiger partial charge in [0.05, 0.1) is 14.2 Å². The molecule has 0 heterocycles. The molecular weight excluding hydrogens is 194 g/mol. The number of benzene rings is 1. The number of aromatic hydroxyl groups is 1. The van der Waals surface area contributed by atoms with Crippen LogP contribution in [0.25, 0.3) is 6.08 Å². The summed E-state index contributed by atoms with van der Waals surface area (Å²) in [6.45, 7) is 0.451. The number of phenolic OH excluding ortho intramolecular Hbond substituents is 1. The van der Waals surface area contributed by atoms with Crippen molar-refractivity contribution in [1.29, 1.82) is 0 Å². The van der Waals surface area contributed by atoms with Gasteiger partial charge in [0.2, 0.25) is 0 Å². The third-order valence-electron chi connectivity index (χ3n) is 1.96. The van der Waals surface area contributed by atoms with Crippen LogP contribution in [0.3, 0.4) is 0 Å². The van der Waals surface area contributed by atoms with Crippen LogP contribution < -0.4 is 15.2 Å². The first-order valence-corrected chi connectivity index (χ1v) is 4.54. The molecule has 0 aliphatic heterocycles. The lowest BCUT2D eigenvalue weighted by Crippen LogP contribution is -1.94. The average Bonchev–Trinajstić information content (AvgIpc) is 2.26. The molecular formula is C11H15NO3. The lowest BCUT2D eigenvalue weighted by molar-refractivity contribution is 0.365. The third kappa shape index (κ3) is 2.63. The Kier molecular flexibility index (Phi) is 4.00. The summed E-state index contributed by atoms with van der Waals surface area (Å²) in [6.07, 6.45) is 3.62. The van der Waals surface area contributed by atoms with Crippen LogP contribution in [0.5, 0.6) is 17.2 Å². The van der Waals surface area contributed by atoms with Gasteiger partial charge in [-0.2, -0.15) is 0 Å². The summed E-state index contributed by atoms with van der Waals surface area (Å²) in [6, 6.07) is 3.20. The Labute approximate surface area is 88.9 Å². The van der Waals surface area contributed by atoms with E-state index in [2.05, 4.69) is 0 Å². The molecule has 0 saturated heterocycles. The first-order valence-electron chi connectivity index (χ1n) is 4.54. The average molecular weight is 209 g/mol. The van der Waals surface area contributed by atoms with Crippen LogP contribution in [-0.2, 0) is 0 Å². The van der Waals surface area contributed by atoms with E-state index in [4.69, 9.17) is 15.2 Å². The molecule has 15 heavy (non-hydrogen) atoms. The molecule has 82 valence electrons. The molecule has 0 aliphatic carbocycles. The van der Waals surface area contributed by atoms with Gasteiger partial charge in [-0.05, 0) is 6.07 Å². The number of phenols is 1. The van der Waals surface area contributed by atoms with Crippen molar-refractivity contribution in [3.8, 4) is 17.2 Å². The van der Waals surface area contributed by atoms with E-state index < -0.39 is 0 Å². The minimum absolute atomic E-state index is 0.0549. The van der Waals surface area contributed by atoms with Gasteiger partial charge in [-0.3, -0.25) is 0 Å². The van der Waals surface area contributed by atoms with E-state index in [1.165, 1.54) is 13.2 Å². The number of ether oxygens (including phenoxy) is 2. The highest BCUT2D eigenvalue weighted by atomic mass is 16.5. The highest BCUT2D eigenvalue weighted by Crippen LogP contribution is 2.34.